The van der Waals surface area contributed by atoms with Crippen LogP contribution in [-0.4, -0.2) is 24.3 Å². The molecule has 1 fully saturated rings. The van der Waals surface area contributed by atoms with Crippen molar-refractivity contribution in [2.75, 3.05) is 7.11 Å². The van der Waals surface area contributed by atoms with Gasteiger partial charge in [-0.15, -0.1) is 0 Å². The molecule has 0 saturated heterocycles. The largest absolute Gasteiger partial charge is 0.469 e. The van der Waals surface area contributed by atoms with Gasteiger partial charge in [-0.05, 0) is 30.7 Å². The van der Waals surface area contributed by atoms with Crippen LogP contribution in [0.3, 0.4) is 0 Å². The molecule has 1 aromatic carbocycles. The van der Waals surface area contributed by atoms with Gasteiger partial charge < -0.3 is 9.84 Å². The van der Waals surface area contributed by atoms with Gasteiger partial charge in [0.25, 0.3) is 0 Å². The molecule has 0 aliphatic heterocycles. The van der Waals surface area contributed by atoms with E-state index in [0.717, 1.165) is 19.3 Å². The van der Waals surface area contributed by atoms with Crippen molar-refractivity contribution in [3.05, 3.63) is 35.9 Å². The molecule has 0 amide bonds. The van der Waals surface area contributed by atoms with Gasteiger partial charge in [0.2, 0.25) is 0 Å². The molecule has 0 unspecified atom stereocenters. The standard InChI is InChI=1S/C14H18O3/c1-17-14(16)12-8-7-11(13(12)15)9-10-5-3-2-4-6-10/h2-6,11-13,15H,7-9H2,1H3/t11-,12+,13-/m0/s1. The molecule has 1 aliphatic carbocycles. The van der Waals surface area contributed by atoms with Crippen LogP contribution in [0.15, 0.2) is 30.3 Å². The molecule has 0 spiro atoms. The lowest BCUT2D eigenvalue weighted by Gasteiger charge is -2.18. The molecule has 0 heterocycles. The van der Waals surface area contributed by atoms with E-state index in [2.05, 4.69) is 12.1 Å². The molecule has 3 atom stereocenters. The SMILES string of the molecule is COC(=O)[C@@H]1CC[C@@H](Cc2ccccc2)[C@@H]1O. The van der Waals surface area contributed by atoms with Crippen LogP contribution in [0.5, 0.6) is 0 Å². The highest BCUT2D eigenvalue weighted by molar-refractivity contribution is 5.73. The average Bonchev–Trinajstić information content (AvgIpc) is 2.72. The first-order chi connectivity index (χ1) is 8.22. The summed E-state index contributed by atoms with van der Waals surface area (Å²) in [7, 11) is 1.37. The number of carbonyl (C=O) groups is 1. The molecule has 2 rings (SSSR count). The van der Waals surface area contributed by atoms with Gasteiger partial charge in [0.15, 0.2) is 0 Å². The van der Waals surface area contributed by atoms with Crippen LogP contribution in [0.2, 0.25) is 0 Å². The van der Waals surface area contributed by atoms with Crippen LogP contribution in [0.25, 0.3) is 0 Å². The summed E-state index contributed by atoms with van der Waals surface area (Å²) in [5, 5.41) is 10.1. The number of methoxy groups -OCH3 is 1. The zero-order valence-corrected chi connectivity index (χ0v) is 10.0. The fourth-order valence-electron chi connectivity index (χ4n) is 2.61. The Labute approximate surface area is 101 Å². The Hall–Kier alpha value is -1.35. The van der Waals surface area contributed by atoms with E-state index in [9.17, 15) is 9.90 Å². The van der Waals surface area contributed by atoms with E-state index in [1.807, 2.05) is 18.2 Å². The summed E-state index contributed by atoms with van der Waals surface area (Å²) in [5.41, 5.74) is 1.21. The van der Waals surface area contributed by atoms with E-state index < -0.39 is 6.10 Å². The second-order valence-corrected chi connectivity index (χ2v) is 4.65. The quantitative estimate of drug-likeness (QED) is 0.811. The molecule has 1 N–H and O–H groups in total. The molecule has 1 aromatic rings. The number of hydrogen-bond donors (Lipinski definition) is 1. The summed E-state index contributed by atoms with van der Waals surface area (Å²) in [6.45, 7) is 0. The third-order valence-electron chi connectivity index (χ3n) is 3.59. The first kappa shape index (κ1) is 12.1. The van der Waals surface area contributed by atoms with E-state index in [4.69, 9.17) is 4.74 Å². The predicted molar refractivity (Wildman–Crippen MR) is 64.4 cm³/mol. The third-order valence-corrected chi connectivity index (χ3v) is 3.59. The summed E-state index contributed by atoms with van der Waals surface area (Å²) in [6, 6.07) is 10.1. The van der Waals surface area contributed by atoms with Crippen molar-refractivity contribution in [3.63, 3.8) is 0 Å². The lowest BCUT2D eigenvalue weighted by molar-refractivity contribution is -0.148. The number of hydrogen-bond acceptors (Lipinski definition) is 3. The Kier molecular flexibility index (Phi) is 3.79. The van der Waals surface area contributed by atoms with Crippen LogP contribution in [0, 0.1) is 11.8 Å². The van der Waals surface area contributed by atoms with E-state index >= 15 is 0 Å². The van der Waals surface area contributed by atoms with E-state index in [0.29, 0.717) is 0 Å². The summed E-state index contributed by atoms with van der Waals surface area (Å²) in [4.78, 5) is 11.4. The van der Waals surface area contributed by atoms with E-state index in [1.165, 1.54) is 12.7 Å². The number of benzene rings is 1. The van der Waals surface area contributed by atoms with Crippen LogP contribution in [0.4, 0.5) is 0 Å². The molecular weight excluding hydrogens is 216 g/mol. The van der Waals surface area contributed by atoms with Crippen LogP contribution in [0.1, 0.15) is 18.4 Å². The minimum atomic E-state index is -0.567. The average molecular weight is 234 g/mol. The van der Waals surface area contributed by atoms with E-state index in [-0.39, 0.29) is 17.8 Å². The summed E-state index contributed by atoms with van der Waals surface area (Å²) < 4.78 is 4.70. The van der Waals surface area contributed by atoms with Crippen molar-refractivity contribution in [1.29, 1.82) is 0 Å². The molecule has 17 heavy (non-hydrogen) atoms. The first-order valence-electron chi connectivity index (χ1n) is 6.02. The maximum absolute atomic E-state index is 11.4. The van der Waals surface area contributed by atoms with Crippen molar-refractivity contribution in [2.45, 2.75) is 25.4 Å². The summed E-state index contributed by atoms with van der Waals surface area (Å²) >= 11 is 0. The molecule has 1 saturated carbocycles. The van der Waals surface area contributed by atoms with Gasteiger partial charge in [0.05, 0.1) is 19.1 Å². The van der Waals surface area contributed by atoms with Gasteiger partial charge in [-0.2, -0.15) is 0 Å². The Balaban J connectivity index is 1.98. The number of ether oxygens (including phenoxy) is 1. The van der Waals surface area contributed by atoms with Gasteiger partial charge in [-0.3, -0.25) is 4.79 Å². The smallest absolute Gasteiger partial charge is 0.311 e. The zero-order chi connectivity index (χ0) is 12.3. The van der Waals surface area contributed by atoms with Crippen LogP contribution >= 0.6 is 0 Å². The Morgan fingerprint density at radius 3 is 2.71 bits per heavy atom. The van der Waals surface area contributed by atoms with Crippen molar-refractivity contribution in [3.8, 4) is 0 Å². The Morgan fingerprint density at radius 1 is 1.35 bits per heavy atom. The molecule has 3 heteroatoms. The molecule has 1 aliphatic rings. The molecule has 3 nitrogen and oxygen atoms in total. The molecule has 0 bridgehead atoms. The molecule has 0 aromatic heterocycles. The van der Waals surface area contributed by atoms with Gasteiger partial charge >= 0.3 is 5.97 Å². The minimum absolute atomic E-state index is 0.168. The fraction of sp³-hybridized carbons (Fsp3) is 0.500. The lowest BCUT2D eigenvalue weighted by atomic mass is 9.94. The predicted octanol–water partition coefficient (Wildman–Crippen LogP) is 1.79. The number of aliphatic hydroxyl groups excluding tert-OH is 1. The molecule has 92 valence electrons. The van der Waals surface area contributed by atoms with Gasteiger partial charge in [0, 0.05) is 0 Å². The second kappa shape index (κ2) is 5.32. The Morgan fingerprint density at radius 2 is 2.06 bits per heavy atom. The number of rotatable bonds is 3. The van der Waals surface area contributed by atoms with Gasteiger partial charge in [0.1, 0.15) is 0 Å². The minimum Gasteiger partial charge on any atom is -0.469 e. The topological polar surface area (TPSA) is 46.5 Å². The van der Waals surface area contributed by atoms with E-state index in [1.54, 1.807) is 0 Å². The highest BCUT2D eigenvalue weighted by atomic mass is 16.5. The first-order valence-corrected chi connectivity index (χ1v) is 6.02. The number of aliphatic hydroxyl groups is 1. The van der Waals surface area contributed by atoms with Crippen molar-refractivity contribution >= 4 is 5.97 Å². The Bertz CT molecular complexity index is 374. The van der Waals surface area contributed by atoms with Crippen molar-refractivity contribution in [2.24, 2.45) is 11.8 Å². The van der Waals surface area contributed by atoms with Crippen molar-refractivity contribution < 1.29 is 14.6 Å². The van der Waals surface area contributed by atoms with Gasteiger partial charge in [-0.1, -0.05) is 30.3 Å². The normalized spacial score (nSPS) is 28.0. The number of carbonyl (C=O) groups excluding carboxylic acids is 1. The summed E-state index contributed by atoms with van der Waals surface area (Å²) in [5.74, 6) is -0.455. The summed E-state index contributed by atoms with van der Waals surface area (Å²) in [6.07, 6.45) is 1.87. The monoisotopic (exact) mass is 234 g/mol. The maximum atomic E-state index is 11.4. The maximum Gasteiger partial charge on any atom is 0.311 e. The second-order valence-electron chi connectivity index (χ2n) is 4.65. The van der Waals surface area contributed by atoms with Gasteiger partial charge in [-0.25, -0.2) is 0 Å². The van der Waals surface area contributed by atoms with Crippen LogP contribution in [-0.2, 0) is 16.0 Å². The highest BCUT2D eigenvalue weighted by Gasteiger charge is 2.39. The fourth-order valence-corrected chi connectivity index (χ4v) is 2.61. The molecule has 0 radical (unpaired) electrons. The highest BCUT2D eigenvalue weighted by Crippen LogP contribution is 2.34. The van der Waals surface area contributed by atoms with Crippen LogP contribution < -0.4 is 0 Å². The molecular formula is C14H18O3. The van der Waals surface area contributed by atoms with Crippen molar-refractivity contribution in [1.82, 2.24) is 0 Å². The zero-order valence-electron chi connectivity index (χ0n) is 10.0. The number of esters is 1. The lowest BCUT2D eigenvalue weighted by Crippen LogP contribution is -2.29. The third kappa shape index (κ3) is 2.67.